The van der Waals surface area contributed by atoms with Crippen LogP contribution in [0.3, 0.4) is 0 Å². The summed E-state index contributed by atoms with van der Waals surface area (Å²) in [6.07, 6.45) is 0.450. The first kappa shape index (κ1) is 27.1. The van der Waals surface area contributed by atoms with E-state index in [9.17, 15) is 24.3 Å². The zero-order chi connectivity index (χ0) is 24.3. The molecule has 178 valence electrons. The Kier molecular flexibility index (Phi) is 10.8. The highest BCUT2D eigenvalue weighted by Crippen LogP contribution is 2.27. The van der Waals surface area contributed by atoms with Gasteiger partial charge < -0.3 is 15.7 Å². The Hall–Kier alpha value is -2.94. The van der Waals surface area contributed by atoms with Gasteiger partial charge in [0, 0.05) is 19.3 Å². The van der Waals surface area contributed by atoms with E-state index in [4.69, 9.17) is 5.21 Å². The summed E-state index contributed by atoms with van der Waals surface area (Å²) in [6, 6.07) is 8.04. The number of nitrogens with one attached hydrogen (secondary N) is 3. The standard InChI is InChI=1S/C23H35N3O6/c1-5-16(4)23(14-17-9-7-6-8-10-17,25-19(27)11-12-20(28)26-32)22(31)24-18(21(29)30)13-15(2)3/h6-10,15-16,18,32H,5,11-14H2,1-4H3,(H,24,31)(H,25,27)(H,26,28)(H,29,30)/t16-,18-,23+/m0/s1. The van der Waals surface area contributed by atoms with Crippen molar-refractivity contribution in [3.63, 3.8) is 0 Å². The van der Waals surface area contributed by atoms with Crippen LogP contribution in [0.1, 0.15) is 58.9 Å². The number of hydrogen-bond donors (Lipinski definition) is 5. The van der Waals surface area contributed by atoms with Gasteiger partial charge in [0.1, 0.15) is 11.6 Å². The smallest absolute Gasteiger partial charge is 0.326 e. The average molecular weight is 450 g/mol. The zero-order valence-electron chi connectivity index (χ0n) is 19.2. The van der Waals surface area contributed by atoms with Crippen LogP contribution in [0.4, 0.5) is 0 Å². The lowest BCUT2D eigenvalue weighted by Gasteiger charge is -2.39. The van der Waals surface area contributed by atoms with Gasteiger partial charge in [-0.3, -0.25) is 19.6 Å². The molecule has 0 spiro atoms. The molecule has 0 saturated heterocycles. The lowest BCUT2D eigenvalue weighted by molar-refractivity contribution is -0.145. The molecule has 0 fully saturated rings. The molecule has 0 aromatic heterocycles. The van der Waals surface area contributed by atoms with Crippen molar-refractivity contribution in [3.8, 4) is 0 Å². The third kappa shape index (κ3) is 7.96. The Balaban J connectivity index is 3.33. The molecule has 1 rings (SSSR count). The SMILES string of the molecule is CC[C@H](C)[C@@](Cc1ccccc1)(NC(=O)CCC(=O)NO)C(=O)N[C@@H](CC(C)C)C(=O)O. The van der Waals surface area contributed by atoms with Crippen molar-refractivity contribution >= 4 is 23.7 Å². The molecule has 1 aromatic rings. The first-order chi connectivity index (χ1) is 15.0. The Morgan fingerprint density at radius 2 is 1.59 bits per heavy atom. The molecule has 0 radical (unpaired) electrons. The minimum absolute atomic E-state index is 0.0371. The normalized spacial score (nSPS) is 14.7. The molecule has 0 unspecified atom stereocenters. The molecule has 5 N–H and O–H groups in total. The van der Waals surface area contributed by atoms with Gasteiger partial charge in [-0.05, 0) is 23.8 Å². The Morgan fingerprint density at radius 1 is 1.00 bits per heavy atom. The monoisotopic (exact) mass is 449 g/mol. The summed E-state index contributed by atoms with van der Waals surface area (Å²) < 4.78 is 0. The number of amides is 3. The van der Waals surface area contributed by atoms with Crippen LogP contribution in [0.5, 0.6) is 0 Å². The number of hydroxylamine groups is 1. The van der Waals surface area contributed by atoms with E-state index in [1.165, 1.54) is 5.48 Å². The maximum atomic E-state index is 13.6. The minimum atomic E-state index is -1.42. The average Bonchev–Trinajstić information content (AvgIpc) is 2.75. The summed E-state index contributed by atoms with van der Waals surface area (Å²) in [5, 5.41) is 23.7. The van der Waals surface area contributed by atoms with Crippen molar-refractivity contribution in [2.75, 3.05) is 0 Å². The van der Waals surface area contributed by atoms with Crippen LogP contribution in [0.15, 0.2) is 30.3 Å². The molecule has 9 heteroatoms. The molecular formula is C23H35N3O6. The number of aliphatic carboxylic acids is 1. The number of benzene rings is 1. The number of carbonyl (C=O) groups is 4. The molecule has 3 amide bonds. The van der Waals surface area contributed by atoms with Gasteiger partial charge in [0.05, 0.1) is 0 Å². The lowest BCUT2D eigenvalue weighted by atomic mass is 9.77. The van der Waals surface area contributed by atoms with E-state index in [2.05, 4.69) is 10.6 Å². The number of hydrogen-bond acceptors (Lipinski definition) is 5. The zero-order valence-corrected chi connectivity index (χ0v) is 19.2. The Labute approximate surface area is 188 Å². The van der Waals surface area contributed by atoms with Crippen molar-refractivity contribution in [2.45, 2.75) is 71.4 Å². The van der Waals surface area contributed by atoms with Gasteiger partial charge in [0.2, 0.25) is 17.7 Å². The molecule has 0 aliphatic rings. The predicted octanol–water partition coefficient (Wildman–Crippen LogP) is 2.03. The lowest BCUT2D eigenvalue weighted by Crippen LogP contribution is -2.65. The van der Waals surface area contributed by atoms with Crippen LogP contribution in [0.2, 0.25) is 0 Å². The highest BCUT2D eigenvalue weighted by Gasteiger charge is 2.45. The maximum Gasteiger partial charge on any atom is 0.326 e. The van der Waals surface area contributed by atoms with E-state index in [-0.39, 0.29) is 37.5 Å². The Morgan fingerprint density at radius 3 is 2.09 bits per heavy atom. The van der Waals surface area contributed by atoms with Gasteiger partial charge in [0.25, 0.3) is 0 Å². The van der Waals surface area contributed by atoms with E-state index in [0.717, 1.165) is 5.56 Å². The van der Waals surface area contributed by atoms with Crippen LogP contribution >= 0.6 is 0 Å². The molecular weight excluding hydrogens is 414 g/mol. The fourth-order valence-electron chi connectivity index (χ4n) is 3.54. The molecule has 3 atom stereocenters. The van der Waals surface area contributed by atoms with Gasteiger partial charge in [-0.2, -0.15) is 0 Å². The van der Waals surface area contributed by atoms with Gasteiger partial charge >= 0.3 is 5.97 Å². The van der Waals surface area contributed by atoms with E-state index < -0.39 is 35.3 Å². The highest BCUT2D eigenvalue weighted by molar-refractivity contribution is 5.95. The van der Waals surface area contributed by atoms with Crippen LogP contribution in [-0.2, 0) is 25.6 Å². The molecule has 9 nitrogen and oxygen atoms in total. The van der Waals surface area contributed by atoms with E-state index in [1.807, 2.05) is 58.0 Å². The quantitative estimate of drug-likeness (QED) is 0.230. The molecule has 32 heavy (non-hydrogen) atoms. The predicted molar refractivity (Wildman–Crippen MR) is 119 cm³/mol. The van der Waals surface area contributed by atoms with Crippen LogP contribution in [-0.4, -0.2) is 45.6 Å². The summed E-state index contributed by atoms with van der Waals surface area (Å²) in [5.41, 5.74) is 0.848. The first-order valence-corrected chi connectivity index (χ1v) is 10.9. The van der Waals surface area contributed by atoms with Crippen molar-refractivity contribution in [1.29, 1.82) is 0 Å². The summed E-state index contributed by atoms with van der Waals surface area (Å²) in [5.74, 6) is -3.29. The number of carbonyl (C=O) groups excluding carboxylic acids is 3. The molecule has 0 heterocycles. The van der Waals surface area contributed by atoms with Crippen molar-refractivity contribution in [3.05, 3.63) is 35.9 Å². The summed E-state index contributed by atoms with van der Waals surface area (Å²) in [6.45, 7) is 7.43. The first-order valence-electron chi connectivity index (χ1n) is 10.9. The maximum absolute atomic E-state index is 13.6. The van der Waals surface area contributed by atoms with E-state index in [1.54, 1.807) is 0 Å². The third-order valence-electron chi connectivity index (χ3n) is 5.56. The van der Waals surface area contributed by atoms with Gasteiger partial charge in [-0.15, -0.1) is 0 Å². The second kappa shape index (κ2) is 12.8. The fraction of sp³-hybridized carbons (Fsp3) is 0.565. The van der Waals surface area contributed by atoms with Crippen molar-refractivity contribution in [2.24, 2.45) is 11.8 Å². The number of carboxylic acid groups (broad SMARTS) is 1. The summed E-state index contributed by atoms with van der Waals surface area (Å²) >= 11 is 0. The van der Waals surface area contributed by atoms with Crippen molar-refractivity contribution in [1.82, 2.24) is 16.1 Å². The topological polar surface area (TPSA) is 145 Å². The van der Waals surface area contributed by atoms with Gasteiger partial charge in [-0.1, -0.05) is 64.4 Å². The summed E-state index contributed by atoms with van der Waals surface area (Å²) in [7, 11) is 0. The molecule has 0 saturated carbocycles. The summed E-state index contributed by atoms with van der Waals surface area (Å²) in [4.78, 5) is 49.4. The van der Waals surface area contributed by atoms with Gasteiger partial charge in [0.15, 0.2) is 0 Å². The number of rotatable bonds is 13. The molecule has 0 aliphatic carbocycles. The molecule has 0 aliphatic heterocycles. The Bertz CT molecular complexity index is 783. The van der Waals surface area contributed by atoms with Crippen LogP contribution in [0.25, 0.3) is 0 Å². The van der Waals surface area contributed by atoms with Crippen LogP contribution < -0.4 is 16.1 Å². The van der Waals surface area contributed by atoms with Crippen LogP contribution in [0, 0.1) is 11.8 Å². The third-order valence-corrected chi connectivity index (χ3v) is 5.56. The van der Waals surface area contributed by atoms with E-state index >= 15 is 0 Å². The van der Waals surface area contributed by atoms with Crippen molar-refractivity contribution < 1.29 is 29.5 Å². The van der Waals surface area contributed by atoms with E-state index in [0.29, 0.717) is 6.42 Å². The second-order valence-corrected chi connectivity index (χ2v) is 8.52. The second-order valence-electron chi connectivity index (χ2n) is 8.52. The highest BCUT2D eigenvalue weighted by atomic mass is 16.5. The largest absolute Gasteiger partial charge is 0.480 e. The molecule has 0 bridgehead atoms. The minimum Gasteiger partial charge on any atom is -0.480 e. The molecule has 1 aromatic carbocycles. The number of carboxylic acids is 1. The van der Waals surface area contributed by atoms with Gasteiger partial charge in [-0.25, -0.2) is 10.3 Å². The fourth-order valence-corrected chi connectivity index (χ4v) is 3.54.